The molecule has 1 amide bonds. The Kier molecular flexibility index (Phi) is 5.13. The monoisotopic (exact) mass is 327 g/mol. The molecule has 6 nitrogen and oxygen atoms in total. The van der Waals surface area contributed by atoms with E-state index >= 15 is 0 Å². The van der Waals surface area contributed by atoms with Crippen molar-refractivity contribution in [1.82, 2.24) is 15.2 Å². The van der Waals surface area contributed by atoms with Crippen molar-refractivity contribution in [3.63, 3.8) is 0 Å². The summed E-state index contributed by atoms with van der Waals surface area (Å²) in [5.74, 6) is 0.426. The fraction of sp³-hybridized carbons (Fsp3) is 0.600. The SMILES string of the molecule is COc1nccc(Cl)c1C1CNCCN1C(=O)OC(C)(C)C. The molecular formula is C15H22ClN3O3. The summed E-state index contributed by atoms with van der Waals surface area (Å²) >= 11 is 6.32. The summed E-state index contributed by atoms with van der Waals surface area (Å²) in [6, 6.07) is 1.42. The molecule has 1 unspecified atom stereocenters. The number of halogens is 1. The number of hydrogen-bond acceptors (Lipinski definition) is 5. The average molecular weight is 328 g/mol. The first-order valence-corrected chi connectivity index (χ1v) is 7.60. The van der Waals surface area contributed by atoms with Crippen LogP contribution in [0.4, 0.5) is 4.79 Å². The molecule has 1 aliphatic heterocycles. The van der Waals surface area contributed by atoms with Crippen molar-refractivity contribution in [2.75, 3.05) is 26.7 Å². The van der Waals surface area contributed by atoms with Crippen LogP contribution in [-0.4, -0.2) is 48.3 Å². The molecule has 0 spiro atoms. The second-order valence-electron chi connectivity index (χ2n) is 6.11. The third-order valence-electron chi connectivity index (χ3n) is 3.30. The summed E-state index contributed by atoms with van der Waals surface area (Å²) in [4.78, 5) is 18.3. The van der Waals surface area contributed by atoms with Crippen LogP contribution in [0.15, 0.2) is 12.3 Å². The lowest BCUT2D eigenvalue weighted by Crippen LogP contribution is -2.50. The third-order valence-corrected chi connectivity index (χ3v) is 3.63. The van der Waals surface area contributed by atoms with Gasteiger partial charge in [-0.2, -0.15) is 0 Å². The molecule has 0 aromatic carbocycles. The Morgan fingerprint density at radius 3 is 2.86 bits per heavy atom. The zero-order valence-corrected chi connectivity index (χ0v) is 14.1. The Morgan fingerprint density at radius 2 is 2.23 bits per heavy atom. The molecule has 0 radical (unpaired) electrons. The van der Waals surface area contributed by atoms with Gasteiger partial charge < -0.3 is 14.8 Å². The molecule has 0 bridgehead atoms. The number of ether oxygens (including phenoxy) is 2. The fourth-order valence-electron chi connectivity index (χ4n) is 2.40. The number of nitrogens with one attached hydrogen (secondary N) is 1. The van der Waals surface area contributed by atoms with E-state index in [-0.39, 0.29) is 12.1 Å². The highest BCUT2D eigenvalue weighted by molar-refractivity contribution is 6.31. The van der Waals surface area contributed by atoms with Crippen molar-refractivity contribution in [3.8, 4) is 5.88 Å². The third kappa shape index (κ3) is 3.81. The van der Waals surface area contributed by atoms with E-state index in [0.29, 0.717) is 36.1 Å². The highest BCUT2D eigenvalue weighted by Gasteiger charge is 2.34. The summed E-state index contributed by atoms with van der Waals surface area (Å²) in [5.41, 5.74) is 0.153. The molecule has 1 aromatic rings. The molecule has 122 valence electrons. The molecule has 1 saturated heterocycles. The summed E-state index contributed by atoms with van der Waals surface area (Å²) in [6.07, 6.45) is 1.22. The Balaban J connectivity index is 2.33. The van der Waals surface area contributed by atoms with Crippen molar-refractivity contribution >= 4 is 17.7 Å². The maximum Gasteiger partial charge on any atom is 0.410 e. The van der Waals surface area contributed by atoms with Gasteiger partial charge in [0.25, 0.3) is 0 Å². The number of hydrogen-bond donors (Lipinski definition) is 1. The van der Waals surface area contributed by atoms with E-state index in [1.807, 2.05) is 20.8 Å². The van der Waals surface area contributed by atoms with Crippen molar-refractivity contribution in [2.24, 2.45) is 0 Å². The largest absolute Gasteiger partial charge is 0.481 e. The number of aromatic nitrogens is 1. The molecule has 7 heteroatoms. The van der Waals surface area contributed by atoms with Crippen LogP contribution in [0.1, 0.15) is 32.4 Å². The van der Waals surface area contributed by atoms with E-state index in [1.54, 1.807) is 17.2 Å². The van der Waals surface area contributed by atoms with Gasteiger partial charge in [-0.05, 0) is 26.8 Å². The Labute approximate surface area is 135 Å². The van der Waals surface area contributed by atoms with E-state index in [4.69, 9.17) is 21.1 Å². The van der Waals surface area contributed by atoms with Gasteiger partial charge in [-0.3, -0.25) is 4.90 Å². The number of methoxy groups -OCH3 is 1. The molecule has 22 heavy (non-hydrogen) atoms. The van der Waals surface area contributed by atoms with Gasteiger partial charge in [0.05, 0.1) is 23.7 Å². The van der Waals surface area contributed by atoms with Crippen LogP contribution in [0.5, 0.6) is 5.88 Å². The number of rotatable bonds is 2. The van der Waals surface area contributed by atoms with Gasteiger partial charge in [-0.25, -0.2) is 9.78 Å². The number of nitrogens with zero attached hydrogens (tertiary/aromatic N) is 2. The van der Waals surface area contributed by atoms with E-state index in [0.717, 1.165) is 0 Å². The standard InChI is InChI=1S/C15H22ClN3O3/c1-15(2,3)22-14(20)19-8-7-17-9-11(19)12-10(16)5-6-18-13(12)21-4/h5-6,11,17H,7-9H2,1-4H3. The Hall–Kier alpha value is -1.53. The summed E-state index contributed by atoms with van der Waals surface area (Å²) in [6.45, 7) is 7.35. The summed E-state index contributed by atoms with van der Waals surface area (Å²) in [7, 11) is 1.54. The molecule has 1 N–H and O–H groups in total. The zero-order chi connectivity index (χ0) is 16.3. The quantitative estimate of drug-likeness (QED) is 0.904. The highest BCUT2D eigenvalue weighted by atomic mass is 35.5. The van der Waals surface area contributed by atoms with Gasteiger partial charge in [0.15, 0.2) is 0 Å². The van der Waals surface area contributed by atoms with Crippen LogP contribution in [-0.2, 0) is 4.74 Å². The maximum atomic E-state index is 12.5. The van der Waals surface area contributed by atoms with Crippen molar-refractivity contribution < 1.29 is 14.3 Å². The van der Waals surface area contributed by atoms with E-state index in [2.05, 4.69) is 10.3 Å². The number of pyridine rings is 1. The second kappa shape index (κ2) is 6.71. The molecule has 1 aromatic heterocycles. The van der Waals surface area contributed by atoms with Crippen LogP contribution in [0.2, 0.25) is 5.02 Å². The first-order chi connectivity index (χ1) is 10.3. The fourth-order valence-corrected chi connectivity index (χ4v) is 2.66. The predicted molar refractivity (Wildman–Crippen MR) is 84.3 cm³/mol. The van der Waals surface area contributed by atoms with Gasteiger partial charge in [0.2, 0.25) is 5.88 Å². The molecular weight excluding hydrogens is 306 g/mol. The van der Waals surface area contributed by atoms with Gasteiger partial charge in [-0.1, -0.05) is 11.6 Å². The summed E-state index contributed by atoms with van der Waals surface area (Å²) < 4.78 is 10.8. The summed E-state index contributed by atoms with van der Waals surface area (Å²) in [5, 5.41) is 3.79. The number of carbonyl (C=O) groups excluding carboxylic acids is 1. The van der Waals surface area contributed by atoms with Crippen molar-refractivity contribution in [2.45, 2.75) is 32.4 Å². The topological polar surface area (TPSA) is 63.7 Å². The first-order valence-electron chi connectivity index (χ1n) is 7.22. The Morgan fingerprint density at radius 1 is 1.50 bits per heavy atom. The highest BCUT2D eigenvalue weighted by Crippen LogP contribution is 2.35. The lowest BCUT2D eigenvalue weighted by atomic mass is 10.0. The minimum Gasteiger partial charge on any atom is -0.481 e. The first kappa shape index (κ1) is 16.8. The normalized spacial score (nSPS) is 19.0. The van der Waals surface area contributed by atoms with E-state index < -0.39 is 5.60 Å². The molecule has 0 saturated carbocycles. The minimum absolute atomic E-state index is 0.278. The maximum absolute atomic E-state index is 12.5. The predicted octanol–water partition coefficient (Wildman–Crippen LogP) is 2.63. The minimum atomic E-state index is -0.546. The molecule has 1 fully saturated rings. The van der Waals surface area contributed by atoms with Crippen LogP contribution >= 0.6 is 11.6 Å². The smallest absolute Gasteiger partial charge is 0.410 e. The second-order valence-corrected chi connectivity index (χ2v) is 6.52. The van der Waals surface area contributed by atoms with Crippen LogP contribution < -0.4 is 10.1 Å². The van der Waals surface area contributed by atoms with Crippen molar-refractivity contribution in [3.05, 3.63) is 22.8 Å². The zero-order valence-electron chi connectivity index (χ0n) is 13.4. The molecule has 1 aliphatic rings. The van der Waals surface area contributed by atoms with Gasteiger partial charge in [-0.15, -0.1) is 0 Å². The van der Waals surface area contributed by atoms with Gasteiger partial charge >= 0.3 is 6.09 Å². The van der Waals surface area contributed by atoms with Crippen LogP contribution in [0, 0.1) is 0 Å². The van der Waals surface area contributed by atoms with E-state index in [1.165, 1.54) is 7.11 Å². The van der Waals surface area contributed by atoms with Gasteiger partial charge in [0, 0.05) is 25.8 Å². The van der Waals surface area contributed by atoms with E-state index in [9.17, 15) is 4.79 Å². The van der Waals surface area contributed by atoms with Crippen LogP contribution in [0.3, 0.4) is 0 Å². The average Bonchev–Trinajstić information content (AvgIpc) is 2.45. The molecule has 0 aliphatic carbocycles. The van der Waals surface area contributed by atoms with Crippen molar-refractivity contribution in [1.29, 1.82) is 0 Å². The molecule has 2 heterocycles. The molecule has 2 rings (SSSR count). The lowest BCUT2D eigenvalue weighted by Gasteiger charge is -2.37. The number of piperazine rings is 1. The molecule has 1 atom stereocenters. The number of carbonyl (C=O) groups is 1. The number of amides is 1. The van der Waals surface area contributed by atoms with Gasteiger partial charge in [0.1, 0.15) is 5.60 Å². The van der Waals surface area contributed by atoms with Crippen LogP contribution in [0.25, 0.3) is 0 Å². The Bertz CT molecular complexity index is 545. The lowest BCUT2D eigenvalue weighted by molar-refractivity contribution is 0.0115.